The van der Waals surface area contributed by atoms with Gasteiger partial charge in [0.1, 0.15) is 36.2 Å². The van der Waals surface area contributed by atoms with Crippen LogP contribution in [0.4, 0.5) is 8.78 Å². The molecule has 4 rings (SSSR count). The van der Waals surface area contributed by atoms with E-state index in [0.29, 0.717) is 16.8 Å². The predicted molar refractivity (Wildman–Crippen MR) is 108 cm³/mol. The van der Waals surface area contributed by atoms with Gasteiger partial charge in [-0.05, 0) is 37.3 Å². The molecular weight excluding hydrogens is 430 g/mol. The third-order valence-electron chi connectivity index (χ3n) is 5.12. The van der Waals surface area contributed by atoms with Crippen LogP contribution in [-0.4, -0.2) is 34.2 Å². The second-order valence-corrected chi connectivity index (χ2v) is 7.46. The summed E-state index contributed by atoms with van der Waals surface area (Å²) in [5.74, 6) is -1.75. The Bertz CT molecular complexity index is 1260. The summed E-state index contributed by atoms with van der Waals surface area (Å²) < 4.78 is 31.8. The Kier molecular flexibility index (Phi) is 5.42. The number of hydrogen-bond donors (Lipinski definition) is 1. The molecule has 0 saturated heterocycles. The van der Waals surface area contributed by atoms with Crippen LogP contribution in [0.5, 0.6) is 0 Å². The first-order chi connectivity index (χ1) is 14.8. The molecule has 2 heterocycles. The first kappa shape index (κ1) is 20.9. The second-order valence-electron chi connectivity index (χ2n) is 7.02. The van der Waals surface area contributed by atoms with Crippen molar-refractivity contribution in [2.24, 2.45) is 0 Å². The average Bonchev–Trinajstić information content (AvgIpc) is 3.37. The quantitative estimate of drug-likeness (QED) is 0.492. The van der Waals surface area contributed by atoms with E-state index in [9.17, 15) is 18.7 Å². The van der Waals surface area contributed by atoms with E-state index in [-0.39, 0.29) is 12.1 Å². The predicted octanol–water partition coefficient (Wildman–Crippen LogP) is 2.71. The molecule has 11 heteroatoms. The molecule has 2 atom stereocenters. The van der Waals surface area contributed by atoms with E-state index in [4.69, 9.17) is 11.6 Å². The van der Waals surface area contributed by atoms with Crippen molar-refractivity contribution in [2.75, 3.05) is 0 Å². The third kappa shape index (κ3) is 3.87. The minimum Gasteiger partial charge on any atom is -0.381 e. The summed E-state index contributed by atoms with van der Waals surface area (Å²) in [5.41, 5.74) is -2.26. The molecule has 0 fully saturated rings. The lowest BCUT2D eigenvalue weighted by molar-refractivity contribution is -0.0381. The van der Waals surface area contributed by atoms with Gasteiger partial charge in [-0.25, -0.2) is 32.5 Å². The van der Waals surface area contributed by atoms with Gasteiger partial charge in [0.2, 0.25) is 0 Å². The lowest BCUT2D eigenvalue weighted by Crippen LogP contribution is -2.44. The zero-order chi connectivity index (χ0) is 22.2. The van der Waals surface area contributed by atoms with Crippen molar-refractivity contribution in [3.63, 3.8) is 0 Å². The SMILES string of the molecule is C[C@@H](n1ncn(-c2ccc(Cl)cc2)c1=O)[C@@](O)(Cn1cncn1)c1ccc(F)cc1F. The van der Waals surface area contributed by atoms with Crippen LogP contribution in [-0.2, 0) is 12.1 Å². The van der Waals surface area contributed by atoms with Crippen molar-refractivity contribution in [1.82, 2.24) is 29.1 Å². The van der Waals surface area contributed by atoms with Crippen LogP contribution in [0.15, 0.2) is 66.2 Å². The molecule has 0 unspecified atom stereocenters. The zero-order valence-corrected chi connectivity index (χ0v) is 17.0. The fraction of sp³-hybridized carbons (Fsp3) is 0.200. The summed E-state index contributed by atoms with van der Waals surface area (Å²) >= 11 is 5.90. The first-order valence-corrected chi connectivity index (χ1v) is 9.60. The Morgan fingerprint density at radius 2 is 1.87 bits per heavy atom. The molecule has 1 N–H and O–H groups in total. The maximum absolute atomic E-state index is 14.7. The van der Waals surface area contributed by atoms with Crippen molar-refractivity contribution in [3.05, 3.63) is 94.2 Å². The number of rotatable bonds is 6. The number of aromatic nitrogens is 6. The summed E-state index contributed by atoms with van der Waals surface area (Å²) in [7, 11) is 0. The Labute approximate surface area is 180 Å². The lowest BCUT2D eigenvalue weighted by Gasteiger charge is -2.34. The van der Waals surface area contributed by atoms with Gasteiger partial charge in [0, 0.05) is 16.7 Å². The highest BCUT2D eigenvalue weighted by molar-refractivity contribution is 6.30. The van der Waals surface area contributed by atoms with Gasteiger partial charge in [0.05, 0.1) is 18.3 Å². The summed E-state index contributed by atoms with van der Waals surface area (Å²) in [5, 5.41) is 20.2. The molecule has 160 valence electrons. The zero-order valence-electron chi connectivity index (χ0n) is 16.2. The van der Waals surface area contributed by atoms with E-state index in [0.717, 1.165) is 16.8 Å². The highest BCUT2D eigenvalue weighted by Gasteiger charge is 2.41. The summed E-state index contributed by atoms with van der Waals surface area (Å²) in [6.45, 7) is 1.26. The number of halogens is 3. The summed E-state index contributed by atoms with van der Waals surface area (Å²) in [6, 6.07) is 8.31. The molecular formula is C20H17ClF2N6O2. The molecule has 0 bridgehead atoms. The Hall–Kier alpha value is -3.37. The van der Waals surface area contributed by atoms with Gasteiger partial charge in [-0.1, -0.05) is 17.7 Å². The Balaban J connectivity index is 1.80. The molecule has 0 aliphatic rings. The summed E-state index contributed by atoms with van der Waals surface area (Å²) in [4.78, 5) is 16.9. The molecule has 0 aliphatic heterocycles. The largest absolute Gasteiger partial charge is 0.381 e. The van der Waals surface area contributed by atoms with Gasteiger partial charge < -0.3 is 5.11 Å². The highest BCUT2D eigenvalue weighted by Crippen LogP contribution is 2.35. The fourth-order valence-electron chi connectivity index (χ4n) is 3.41. The van der Waals surface area contributed by atoms with Gasteiger partial charge in [-0.3, -0.25) is 0 Å². The van der Waals surface area contributed by atoms with Crippen molar-refractivity contribution in [1.29, 1.82) is 0 Å². The Morgan fingerprint density at radius 3 is 2.52 bits per heavy atom. The average molecular weight is 447 g/mol. The minimum absolute atomic E-state index is 0.204. The Morgan fingerprint density at radius 1 is 1.13 bits per heavy atom. The van der Waals surface area contributed by atoms with Crippen molar-refractivity contribution < 1.29 is 13.9 Å². The molecule has 0 radical (unpaired) electrons. The molecule has 0 spiro atoms. The fourth-order valence-corrected chi connectivity index (χ4v) is 3.53. The van der Waals surface area contributed by atoms with Gasteiger partial charge in [-0.15, -0.1) is 0 Å². The van der Waals surface area contributed by atoms with Gasteiger partial charge in [0.15, 0.2) is 0 Å². The third-order valence-corrected chi connectivity index (χ3v) is 5.38. The molecule has 0 saturated carbocycles. The van der Waals surface area contributed by atoms with E-state index in [2.05, 4.69) is 15.2 Å². The van der Waals surface area contributed by atoms with Crippen LogP contribution >= 0.6 is 11.6 Å². The van der Waals surface area contributed by atoms with E-state index in [1.807, 2.05) is 0 Å². The molecule has 2 aromatic carbocycles. The monoisotopic (exact) mass is 446 g/mol. The van der Waals surface area contributed by atoms with Crippen molar-refractivity contribution >= 4 is 11.6 Å². The minimum atomic E-state index is -2.01. The molecule has 4 aromatic rings. The van der Waals surface area contributed by atoms with Crippen LogP contribution in [0.1, 0.15) is 18.5 Å². The standard InChI is InChI=1S/C20H17ClF2N6O2/c1-13(29-19(30)28(12-26-29)16-5-2-14(21)3-6-16)20(31,9-27-11-24-10-25-27)17-7-4-15(22)8-18(17)23/h2-8,10-13,31H,9H2,1H3/t13-,20+/m1/s1. The van der Waals surface area contributed by atoms with Gasteiger partial charge in [0.25, 0.3) is 0 Å². The van der Waals surface area contributed by atoms with Crippen LogP contribution < -0.4 is 5.69 Å². The number of benzene rings is 2. The van der Waals surface area contributed by atoms with Crippen LogP contribution in [0, 0.1) is 11.6 Å². The highest BCUT2D eigenvalue weighted by atomic mass is 35.5. The van der Waals surface area contributed by atoms with E-state index >= 15 is 0 Å². The molecule has 31 heavy (non-hydrogen) atoms. The number of hydrogen-bond acceptors (Lipinski definition) is 5. The molecule has 0 aliphatic carbocycles. The first-order valence-electron chi connectivity index (χ1n) is 9.22. The van der Waals surface area contributed by atoms with Gasteiger partial charge in [-0.2, -0.15) is 10.2 Å². The normalized spacial score (nSPS) is 14.4. The van der Waals surface area contributed by atoms with E-state index in [1.165, 1.54) is 35.2 Å². The lowest BCUT2D eigenvalue weighted by atomic mass is 9.86. The smallest absolute Gasteiger partial charge is 0.350 e. The number of aliphatic hydroxyl groups is 1. The summed E-state index contributed by atoms with van der Waals surface area (Å²) in [6.07, 6.45) is 3.89. The van der Waals surface area contributed by atoms with Crippen LogP contribution in [0.2, 0.25) is 5.02 Å². The van der Waals surface area contributed by atoms with Crippen LogP contribution in [0.3, 0.4) is 0 Å². The van der Waals surface area contributed by atoms with Crippen molar-refractivity contribution in [2.45, 2.75) is 25.1 Å². The van der Waals surface area contributed by atoms with E-state index in [1.54, 1.807) is 24.3 Å². The molecule has 0 amide bonds. The molecule has 8 nitrogen and oxygen atoms in total. The molecule has 2 aromatic heterocycles. The number of nitrogens with zero attached hydrogens (tertiary/aromatic N) is 6. The second kappa shape index (κ2) is 8.05. The maximum atomic E-state index is 14.7. The maximum Gasteiger partial charge on any atom is 0.350 e. The van der Waals surface area contributed by atoms with E-state index < -0.39 is 29.0 Å². The van der Waals surface area contributed by atoms with Gasteiger partial charge >= 0.3 is 5.69 Å². The van der Waals surface area contributed by atoms with Crippen LogP contribution in [0.25, 0.3) is 5.69 Å². The van der Waals surface area contributed by atoms with Crippen molar-refractivity contribution in [3.8, 4) is 5.69 Å². The topological polar surface area (TPSA) is 90.8 Å².